The molecule has 3 nitrogen and oxygen atoms in total. The van der Waals surface area contributed by atoms with Crippen molar-refractivity contribution in [2.24, 2.45) is 5.41 Å². The molecule has 1 aliphatic carbocycles. The fourth-order valence-electron chi connectivity index (χ4n) is 2.67. The maximum Gasteiger partial charge on any atom is 0.241 e. The summed E-state index contributed by atoms with van der Waals surface area (Å²) in [6.45, 7) is 0.486. The highest BCUT2D eigenvalue weighted by Gasteiger charge is 2.32. The Labute approximate surface area is 151 Å². The highest BCUT2D eigenvalue weighted by atomic mass is 79.9. The van der Waals surface area contributed by atoms with Crippen LogP contribution in [-0.4, -0.2) is 20.3 Å². The molecule has 0 saturated heterocycles. The largest absolute Gasteiger partial charge is 0.241 e. The number of hydrogen-bond donors (Lipinski definition) is 1. The molecule has 118 valence electrons. The van der Waals surface area contributed by atoms with Crippen molar-refractivity contribution in [1.29, 1.82) is 0 Å². The summed E-state index contributed by atoms with van der Waals surface area (Å²) in [4.78, 5) is 0.275. The molecule has 0 unspecified atom stereocenters. The van der Waals surface area contributed by atoms with E-state index in [2.05, 4.69) is 52.5 Å². The van der Waals surface area contributed by atoms with Crippen LogP contribution in [0.2, 0.25) is 0 Å². The van der Waals surface area contributed by atoms with Gasteiger partial charge in [-0.15, -0.1) is 0 Å². The fraction of sp³-hybridized carbons (Fsp3) is 0.571. The van der Waals surface area contributed by atoms with E-state index in [1.54, 1.807) is 12.1 Å². The van der Waals surface area contributed by atoms with Gasteiger partial charge in [0, 0.05) is 20.8 Å². The van der Waals surface area contributed by atoms with E-state index in [9.17, 15) is 8.42 Å². The number of nitrogens with one attached hydrogen (secondary N) is 1. The summed E-state index contributed by atoms with van der Waals surface area (Å²) >= 11 is 10.2. The molecule has 0 radical (unpaired) electrons. The Morgan fingerprint density at radius 3 is 2.43 bits per heavy atom. The van der Waals surface area contributed by atoms with Crippen molar-refractivity contribution in [2.75, 3.05) is 11.9 Å². The Bertz CT molecular complexity index is 598. The Kier molecular flexibility index (Phi) is 6.34. The first-order valence-electron chi connectivity index (χ1n) is 6.89. The van der Waals surface area contributed by atoms with Crippen molar-refractivity contribution >= 4 is 57.8 Å². The molecule has 0 bridgehead atoms. The van der Waals surface area contributed by atoms with E-state index >= 15 is 0 Å². The first-order chi connectivity index (χ1) is 9.88. The van der Waals surface area contributed by atoms with Crippen LogP contribution in [0.5, 0.6) is 0 Å². The minimum atomic E-state index is -3.51. The van der Waals surface area contributed by atoms with Crippen molar-refractivity contribution in [3.63, 3.8) is 0 Å². The smallest absolute Gasteiger partial charge is 0.211 e. The van der Waals surface area contributed by atoms with Gasteiger partial charge in [-0.2, -0.15) is 0 Å². The second-order valence-electron chi connectivity index (χ2n) is 5.59. The highest BCUT2D eigenvalue weighted by Crippen LogP contribution is 2.37. The van der Waals surface area contributed by atoms with E-state index in [0.29, 0.717) is 11.0 Å². The van der Waals surface area contributed by atoms with E-state index in [4.69, 9.17) is 0 Å². The van der Waals surface area contributed by atoms with Crippen LogP contribution in [0.15, 0.2) is 32.0 Å². The topological polar surface area (TPSA) is 46.2 Å². The van der Waals surface area contributed by atoms with Crippen LogP contribution in [0.4, 0.5) is 0 Å². The van der Waals surface area contributed by atoms with Crippen LogP contribution in [0.25, 0.3) is 0 Å². The molecule has 0 aromatic heterocycles. The quantitative estimate of drug-likeness (QED) is 0.585. The average molecular weight is 504 g/mol. The van der Waals surface area contributed by atoms with Crippen molar-refractivity contribution < 1.29 is 8.42 Å². The summed E-state index contributed by atoms with van der Waals surface area (Å²) in [5.74, 6) is 0. The maximum absolute atomic E-state index is 12.5. The zero-order valence-electron chi connectivity index (χ0n) is 11.5. The van der Waals surface area contributed by atoms with Gasteiger partial charge in [0.15, 0.2) is 0 Å². The summed E-state index contributed by atoms with van der Waals surface area (Å²) in [7, 11) is -3.51. The van der Waals surface area contributed by atoms with Gasteiger partial charge in [-0.3, -0.25) is 0 Å². The van der Waals surface area contributed by atoms with Crippen LogP contribution in [0.3, 0.4) is 0 Å². The molecule has 1 aliphatic rings. The van der Waals surface area contributed by atoms with Crippen molar-refractivity contribution in [3.05, 3.63) is 27.1 Å². The number of sulfonamides is 1. The van der Waals surface area contributed by atoms with Crippen LogP contribution in [-0.2, 0) is 10.0 Å². The molecule has 1 saturated carbocycles. The molecule has 1 N–H and O–H groups in total. The van der Waals surface area contributed by atoms with Crippen molar-refractivity contribution in [3.8, 4) is 0 Å². The first kappa shape index (κ1) is 17.9. The van der Waals surface area contributed by atoms with E-state index in [-0.39, 0.29) is 10.3 Å². The van der Waals surface area contributed by atoms with E-state index in [0.717, 1.165) is 22.6 Å². The predicted octanol–water partition coefficient (Wildman–Crippen LogP) is 4.84. The molecule has 0 aliphatic heterocycles. The Morgan fingerprint density at radius 1 is 1.14 bits per heavy atom. The second kappa shape index (κ2) is 7.43. The lowest BCUT2D eigenvalue weighted by Crippen LogP contribution is -2.40. The van der Waals surface area contributed by atoms with Gasteiger partial charge in [0.1, 0.15) is 0 Å². The normalized spacial score (nSPS) is 18.6. The predicted molar refractivity (Wildman–Crippen MR) is 96.3 cm³/mol. The molecule has 1 aromatic carbocycles. The monoisotopic (exact) mass is 501 g/mol. The van der Waals surface area contributed by atoms with Crippen molar-refractivity contribution in [1.82, 2.24) is 4.72 Å². The Balaban J connectivity index is 2.15. The molecule has 21 heavy (non-hydrogen) atoms. The third-order valence-electron chi connectivity index (χ3n) is 4.02. The number of rotatable bonds is 5. The van der Waals surface area contributed by atoms with Gasteiger partial charge in [-0.05, 0) is 52.4 Å². The number of halogens is 3. The SMILES string of the molecule is O=S(=O)(NCC1(CBr)CCCCC1)c1cc(Br)ccc1Br. The van der Waals surface area contributed by atoms with Crippen LogP contribution in [0, 0.1) is 5.41 Å². The summed E-state index contributed by atoms with van der Waals surface area (Å²) in [6.07, 6.45) is 5.74. The maximum atomic E-state index is 12.5. The van der Waals surface area contributed by atoms with Gasteiger partial charge in [0.2, 0.25) is 10.0 Å². The van der Waals surface area contributed by atoms with Gasteiger partial charge in [0.25, 0.3) is 0 Å². The molecular formula is C14H18Br3NO2S. The third-order valence-corrected chi connectivity index (χ3v) is 8.10. The van der Waals surface area contributed by atoms with Gasteiger partial charge in [-0.1, -0.05) is 51.1 Å². The van der Waals surface area contributed by atoms with Crippen LogP contribution >= 0.6 is 47.8 Å². The first-order valence-corrected chi connectivity index (χ1v) is 11.1. The molecule has 0 atom stereocenters. The Hall–Kier alpha value is 0.570. The zero-order valence-corrected chi connectivity index (χ0v) is 17.1. The summed E-state index contributed by atoms with van der Waals surface area (Å²) < 4.78 is 29.2. The standard InChI is InChI=1S/C14H18Br3NO2S/c15-9-14(6-2-1-3-7-14)10-18-21(19,20)13-8-11(16)4-5-12(13)17/h4-5,8,18H,1-3,6-7,9-10H2. The highest BCUT2D eigenvalue weighted by molar-refractivity contribution is 9.11. The third kappa shape index (κ3) is 4.53. The number of hydrogen-bond acceptors (Lipinski definition) is 2. The van der Waals surface area contributed by atoms with E-state index < -0.39 is 10.0 Å². The molecule has 1 aromatic rings. The van der Waals surface area contributed by atoms with Gasteiger partial charge in [-0.25, -0.2) is 13.1 Å². The lowest BCUT2D eigenvalue weighted by atomic mass is 9.76. The minimum absolute atomic E-state index is 0.0454. The summed E-state index contributed by atoms with van der Waals surface area (Å²) in [5.41, 5.74) is 0.0454. The summed E-state index contributed by atoms with van der Waals surface area (Å²) in [5, 5.41) is 0.835. The lowest BCUT2D eigenvalue weighted by Gasteiger charge is -2.35. The molecule has 2 rings (SSSR count). The second-order valence-corrected chi connectivity index (χ2v) is 9.66. The molecular weight excluding hydrogens is 486 g/mol. The fourth-order valence-corrected chi connectivity index (χ4v) is 6.08. The van der Waals surface area contributed by atoms with Gasteiger partial charge >= 0.3 is 0 Å². The van der Waals surface area contributed by atoms with Gasteiger partial charge < -0.3 is 0 Å². The molecule has 0 spiro atoms. The van der Waals surface area contributed by atoms with Gasteiger partial charge in [0.05, 0.1) is 4.90 Å². The van der Waals surface area contributed by atoms with E-state index in [1.165, 1.54) is 19.3 Å². The lowest BCUT2D eigenvalue weighted by molar-refractivity contribution is 0.227. The Morgan fingerprint density at radius 2 is 1.81 bits per heavy atom. The van der Waals surface area contributed by atoms with E-state index in [1.807, 2.05) is 6.07 Å². The van der Waals surface area contributed by atoms with Crippen LogP contribution < -0.4 is 4.72 Å². The van der Waals surface area contributed by atoms with Crippen molar-refractivity contribution in [2.45, 2.75) is 37.0 Å². The molecule has 0 amide bonds. The number of alkyl halides is 1. The number of benzene rings is 1. The molecule has 7 heteroatoms. The van der Waals surface area contributed by atoms with Crippen LogP contribution in [0.1, 0.15) is 32.1 Å². The molecule has 0 heterocycles. The summed E-state index contributed by atoms with van der Waals surface area (Å²) in [6, 6.07) is 5.16. The average Bonchev–Trinajstić information content (AvgIpc) is 2.49. The zero-order chi connectivity index (χ0) is 15.5. The minimum Gasteiger partial charge on any atom is -0.211 e. The molecule has 1 fully saturated rings.